The van der Waals surface area contributed by atoms with Crippen molar-refractivity contribution in [2.75, 3.05) is 17.3 Å². The Balaban J connectivity index is 1.58. The van der Waals surface area contributed by atoms with Gasteiger partial charge in [-0.05, 0) is 48.5 Å². The van der Waals surface area contributed by atoms with Gasteiger partial charge in [-0.25, -0.2) is 9.69 Å². The fraction of sp³-hybridized carbons (Fsp3) is 0.0435. The molecule has 0 saturated heterocycles. The van der Waals surface area contributed by atoms with Gasteiger partial charge in [0.1, 0.15) is 0 Å². The zero-order chi connectivity index (χ0) is 21.3. The summed E-state index contributed by atoms with van der Waals surface area (Å²) >= 11 is 0. The molecule has 0 bridgehead atoms. The van der Waals surface area contributed by atoms with E-state index in [-0.39, 0.29) is 11.1 Å². The molecule has 0 aliphatic carbocycles. The highest BCUT2D eigenvalue weighted by molar-refractivity contribution is 6.34. The van der Waals surface area contributed by atoms with Crippen molar-refractivity contribution in [3.8, 4) is 0 Å². The highest BCUT2D eigenvalue weighted by Crippen LogP contribution is 2.29. The van der Waals surface area contributed by atoms with Crippen molar-refractivity contribution in [1.82, 2.24) is 0 Å². The summed E-state index contributed by atoms with van der Waals surface area (Å²) in [5, 5.41) is 2.72. The summed E-state index contributed by atoms with van der Waals surface area (Å²) in [5.41, 5.74) is 1.96. The van der Waals surface area contributed by atoms with Crippen molar-refractivity contribution in [3.05, 3.63) is 95.1 Å². The molecule has 0 saturated carbocycles. The van der Waals surface area contributed by atoms with Crippen molar-refractivity contribution < 1.29 is 23.9 Å². The number of nitrogens with one attached hydrogen (secondary N) is 1. The van der Waals surface area contributed by atoms with Gasteiger partial charge in [0.05, 0.1) is 29.5 Å². The lowest BCUT2D eigenvalue weighted by atomic mass is 10.1. The van der Waals surface area contributed by atoms with Gasteiger partial charge in [-0.1, -0.05) is 24.3 Å². The molecule has 1 aliphatic rings. The lowest BCUT2D eigenvalue weighted by Crippen LogP contribution is -2.29. The van der Waals surface area contributed by atoms with Gasteiger partial charge in [-0.3, -0.25) is 14.4 Å². The predicted octanol–water partition coefficient (Wildman–Crippen LogP) is 3.53. The first kappa shape index (κ1) is 19.1. The van der Waals surface area contributed by atoms with E-state index in [1.807, 2.05) is 0 Å². The molecule has 0 unspecified atom stereocenters. The lowest BCUT2D eigenvalue weighted by molar-refractivity contribution is 0.0600. The number of benzene rings is 3. The van der Waals surface area contributed by atoms with Crippen LogP contribution in [0.2, 0.25) is 0 Å². The maximum atomic E-state index is 12.7. The number of anilines is 2. The summed E-state index contributed by atoms with van der Waals surface area (Å²) in [6.45, 7) is 0. The fourth-order valence-corrected chi connectivity index (χ4v) is 3.26. The Morgan fingerprint density at radius 2 is 1.43 bits per heavy atom. The van der Waals surface area contributed by atoms with Crippen LogP contribution in [0.5, 0.6) is 0 Å². The molecule has 1 N–H and O–H groups in total. The quantitative estimate of drug-likeness (QED) is 0.534. The molecule has 3 amide bonds. The summed E-state index contributed by atoms with van der Waals surface area (Å²) in [4.78, 5) is 50.7. The van der Waals surface area contributed by atoms with E-state index in [1.165, 1.54) is 13.2 Å². The molecule has 0 aromatic heterocycles. The van der Waals surface area contributed by atoms with Gasteiger partial charge < -0.3 is 10.1 Å². The number of carbonyl (C=O) groups excluding carboxylic acids is 4. The highest BCUT2D eigenvalue weighted by atomic mass is 16.5. The number of methoxy groups -OCH3 is 1. The van der Waals surface area contributed by atoms with Gasteiger partial charge >= 0.3 is 5.97 Å². The predicted molar refractivity (Wildman–Crippen MR) is 110 cm³/mol. The van der Waals surface area contributed by atoms with Gasteiger partial charge in [0.15, 0.2) is 0 Å². The van der Waals surface area contributed by atoms with Crippen LogP contribution in [0.1, 0.15) is 41.4 Å². The molecule has 30 heavy (non-hydrogen) atoms. The third-order valence-electron chi connectivity index (χ3n) is 4.70. The Kier molecular flexibility index (Phi) is 4.85. The minimum Gasteiger partial charge on any atom is -0.465 e. The third-order valence-corrected chi connectivity index (χ3v) is 4.70. The molecule has 7 nitrogen and oxygen atoms in total. The van der Waals surface area contributed by atoms with Crippen molar-refractivity contribution >= 4 is 35.1 Å². The molecule has 3 aromatic carbocycles. The summed E-state index contributed by atoms with van der Waals surface area (Å²) in [6, 6.07) is 19.2. The molecular formula is C23H16N2O5. The fourth-order valence-electron chi connectivity index (χ4n) is 3.26. The van der Waals surface area contributed by atoms with Crippen LogP contribution in [-0.4, -0.2) is 30.8 Å². The monoisotopic (exact) mass is 400 g/mol. The Morgan fingerprint density at radius 1 is 0.800 bits per heavy atom. The second-order valence-electron chi connectivity index (χ2n) is 6.57. The molecule has 0 spiro atoms. The van der Waals surface area contributed by atoms with Gasteiger partial charge in [0, 0.05) is 11.3 Å². The number of fused-ring (bicyclic) bond motifs is 1. The first-order valence-corrected chi connectivity index (χ1v) is 9.07. The van der Waals surface area contributed by atoms with Crippen molar-refractivity contribution in [3.63, 3.8) is 0 Å². The van der Waals surface area contributed by atoms with E-state index >= 15 is 0 Å². The van der Waals surface area contributed by atoms with Crippen LogP contribution in [0.15, 0.2) is 72.8 Å². The van der Waals surface area contributed by atoms with Gasteiger partial charge in [-0.2, -0.15) is 0 Å². The first-order chi connectivity index (χ1) is 14.5. The topological polar surface area (TPSA) is 92.8 Å². The van der Waals surface area contributed by atoms with E-state index in [0.717, 1.165) is 4.90 Å². The molecule has 3 aromatic rings. The van der Waals surface area contributed by atoms with Crippen molar-refractivity contribution in [2.45, 2.75) is 0 Å². The maximum absolute atomic E-state index is 12.7. The number of esters is 1. The standard InChI is InChI=1S/C23H16N2O5/c1-30-23(29)15-7-4-6-14(12-15)20(26)24-16-8-5-9-17(13-16)25-21(27)18-10-2-3-11-19(18)22(25)28/h2-13H,1H3,(H,24,26). The van der Waals surface area contributed by atoms with E-state index in [4.69, 9.17) is 0 Å². The summed E-state index contributed by atoms with van der Waals surface area (Å²) < 4.78 is 4.67. The molecule has 148 valence electrons. The Hall–Kier alpha value is -4.26. The Labute approximate surface area is 171 Å². The number of imide groups is 1. The minimum atomic E-state index is -0.544. The zero-order valence-electron chi connectivity index (χ0n) is 15.9. The van der Waals surface area contributed by atoms with Crippen molar-refractivity contribution in [1.29, 1.82) is 0 Å². The van der Waals surface area contributed by atoms with E-state index in [1.54, 1.807) is 66.7 Å². The van der Waals surface area contributed by atoms with Crippen LogP contribution < -0.4 is 10.2 Å². The largest absolute Gasteiger partial charge is 0.465 e. The molecule has 1 aliphatic heterocycles. The number of rotatable bonds is 4. The SMILES string of the molecule is COC(=O)c1cccc(C(=O)Nc2cccc(N3C(=O)c4ccccc4C3=O)c2)c1. The molecule has 0 atom stereocenters. The number of amides is 3. The average molecular weight is 400 g/mol. The third kappa shape index (κ3) is 3.33. The lowest BCUT2D eigenvalue weighted by Gasteiger charge is -2.15. The van der Waals surface area contributed by atoms with Crippen LogP contribution in [0, 0.1) is 0 Å². The second-order valence-corrected chi connectivity index (χ2v) is 6.57. The molecule has 4 rings (SSSR count). The number of ether oxygens (including phenoxy) is 1. The average Bonchev–Trinajstić information content (AvgIpc) is 3.04. The van der Waals surface area contributed by atoms with Crippen molar-refractivity contribution in [2.24, 2.45) is 0 Å². The van der Waals surface area contributed by atoms with E-state index < -0.39 is 23.7 Å². The van der Waals surface area contributed by atoms with Crippen LogP contribution in [0.25, 0.3) is 0 Å². The number of carbonyl (C=O) groups is 4. The number of hydrogen-bond donors (Lipinski definition) is 1. The summed E-state index contributed by atoms with van der Waals surface area (Å²) in [6.07, 6.45) is 0. The van der Waals surface area contributed by atoms with Gasteiger partial charge in [-0.15, -0.1) is 0 Å². The van der Waals surface area contributed by atoms with Crippen LogP contribution in [-0.2, 0) is 4.74 Å². The highest BCUT2D eigenvalue weighted by Gasteiger charge is 2.36. The molecular weight excluding hydrogens is 384 g/mol. The molecule has 7 heteroatoms. The summed E-state index contributed by atoms with van der Waals surface area (Å²) in [5.74, 6) is -1.81. The van der Waals surface area contributed by atoms with E-state index in [0.29, 0.717) is 22.5 Å². The van der Waals surface area contributed by atoms with E-state index in [9.17, 15) is 19.2 Å². The van der Waals surface area contributed by atoms with Gasteiger partial charge in [0.25, 0.3) is 17.7 Å². The number of nitrogens with zero attached hydrogens (tertiary/aromatic N) is 1. The Morgan fingerprint density at radius 3 is 2.10 bits per heavy atom. The summed E-state index contributed by atoms with van der Waals surface area (Å²) in [7, 11) is 1.26. The first-order valence-electron chi connectivity index (χ1n) is 9.07. The molecule has 1 heterocycles. The van der Waals surface area contributed by atoms with Crippen LogP contribution in [0.3, 0.4) is 0 Å². The normalized spacial score (nSPS) is 12.5. The van der Waals surface area contributed by atoms with E-state index in [2.05, 4.69) is 10.1 Å². The molecule has 0 fully saturated rings. The molecule has 0 radical (unpaired) electrons. The smallest absolute Gasteiger partial charge is 0.337 e. The second kappa shape index (κ2) is 7.63. The number of hydrogen-bond acceptors (Lipinski definition) is 5. The Bertz CT molecular complexity index is 1170. The van der Waals surface area contributed by atoms with Crippen LogP contribution >= 0.6 is 0 Å². The van der Waals surface area contributed by atoms with Gasteiger partial charge in [0.2, 0.25) is 0 Å². The minimum absolute atomic E-state index is 0.255. The zero-order valence-corrected chi connectivity index (χ0v) is 15.9. The maximum Gasteiger partial charge on any atom is 0.337 e. The van der Waals surface area contributed by atoms with Crippen LogP contribution in [0.4, 0.5) is 11.4 Å².